The summed E-state index contributed by atoms with van der Waals surface area (Å²) in [5, 5.41) is 4.38. The van der Waals surface area contributed by atoms with Crippen molar-refractivity contribution in [3.8, 4) is 0 Å². The zero-order chi connectivity index (χ0) is 23.3. The fourth-order valence-electron chi connectivity index (χ4n) is 6.80. The van der Waals surface area contributed by atoms with E-state index in [1.807, 2.05) is 6.07 Å². The number of nitrogens with two attached hydrogens (primary N) is 1. The van der Waals surface area contributed by atoms with Crippen molar-refractivity contribution in [3.05, 3.63) is 81.8 Å². The third-order valence-corrected chi connectivity index (χ3v) is 8.75. The lowest BCUT2D eigenvalue weighted by molar-refractivity contribution is 0.267. The summed E-state index contributed by atoms with van der Waals surface area (Å²) in [5.74, 6) is 1.54. The summed E-state index contributed by atoms with van der Waals surface area (Å²) in [6, 6.07) is 15.4. The van der Waals surface area contributed by atoms with Crippen molar-refractivity contribution in [1.29, 1.82) is 0 Å². The Kier molecular flexibility index (Phi) is 5.59. The number of hydrogen-bond acceptors (Lipinski definition) is 5. The fraction of sp³-hybridized carbons (Fsp3) is 0.429. The van der Waals surface area contributed by atoms with Crippen molar-refractivity contribution in [2.75, 3.05) is 18.0 Å². The van der Waals surface area contributed by atoms with E-state index in [2.05, 4.69) is 58.5 Å². The second-order valence-corrected chi connectivity index (χ2v) is 10.5. The third kappa shape index (κ3) is 3.29. The number of aryl methyl sites for hydroxylation is 1. The zero-order valence-corrected chi connectivity index (χ0v) is 20.5. The molecule has 2 atom stereocenters. The first-order valence-corrected chi connectivity index (χ1v) is 12.9. The van der Waals surface area contributed by atoms with E-state index in [1.54, 1.807) is 6.33 Å². The van der Waals surface area contributed by atoms with E-state index in [9.17, 15) is 0 Å². The zero-order valence-electron chi connectivity index (χ0n) is 19.7. The van der Waals surface area contributed by atoms with Crippen LogP contribution in [0.2, 0.25) is 5.02 Å². The number of anilines is 2. The first kappa shape index (κ1) is 22.0. The van der Waals surface area contributed by atoms with E-state index in [4.69, 9.17) is 22.3 Å². The van der Waals surface area contributed by atoms with Gasteiger partial charge in [0.05, 0.1) is 0 Å². The topological polar surface area (TPSA) is 67.1 Å². The third-order valence-electron chi connectivity index (χ3n) is 8.39. The SMILES string of the molecule is C[C@@H]1CCc2ncnc(N3c4ccc(Cl)c(CN)c4C4(CCNCC4)[C@H]3Cc3ccccc3)c21. The molecule has 2 aromatic carbocycles. The molecule has 3 heterocycles. The van der Waals surface area contributed by atoms with Crippen molar-refractivity contribution < 1.29 is 0 Å². The normalized spacial score (nSPS) is 22.7. The smallest absolute Gasteiger partial charge is 0.140 e. The Bertz CT molecular complexity index is 1200. The summed E-state index contributed by atoms with van der Waals surface area (Å²) >= 11 is 6.79. The number of aromatic nitrogens is 2. The monoisotopic (exact) mass is 473 g/mol. The van der Waals surface area contributed by atoms with Crippen LogP contribution in [0, 0.1) is 0 Å². The number of halogens is 1. The number of piperidine rings is 1. The molecule has 3 N–H and O–H groups in total. The minimum Gasteiger partial charge on any atom is -0.326 e. The van der Waals surface area contributed by atoms with Gasteiger partial charge < -0.3 is 16.0 Å². The van der Waals surface area contributed by atoms with Crippen LogP contribution in [0.25, 0.3) is 0 Å². The Hall–Kier alpha value is -2.47. The molecule has 0 unspecified atom stereocenters. The van der Waals surface area contributed by atoms with Crippen molar-refractivity contribution in [2.45, 2.75) is 62.9 Å². The van der Waals surface area contributed by atoms with E-state index in [-0.39, 0.29) is 11.5 Å². The number of nitrogens with zero attached hydrogens (tertiary/aromatic N) is 3. The molecule has 6 rings (SSSR count). The van der Waals surface area contributed by atoms with Crippen LogP contribution in [0.1, 0.15) is 60.1 Å². The molecule has 1 aliphatic carbocycles. The van der Waals surface area contributed by atoms with Gasteiger partial charge in [-0.05, 0) is 79.9 Å². The molecule has 0 saturated carbocycles. The van der Waals surface area contributed by atoms with Gasteiger partial charge in [-0.15, -0.1) is 0 Å². The maximum Gasteiger partial charge on any atom is 0.140 e. The summed E-state index contributed by atoms with van der Waals surface area (Å²) in [7, 11) is 0. The molecular formula is C28H32ClN5. The van der Waals surface area contributed by atoms with E-state index in [1.165, 1.54) is 28.1 Å². The molecule has 1 fully saturated rings. The average molecular weight is 474 g/mol. The second-order valence-electron chi connectivity index (χ2n) is 10.1. The maximum atomic E-state index is 6.79. The number of fused-ring (bicyclic) bond motifs is 3. The van der Waals surface area contributed by atoms with Crippen LogP contribution in [0.5, 0.6) is 0 Å². The number of benzene rings is 2. The largest absolute Gasteiger partial charge is 0.326 e. The first-order valence-electron chi connectivity index (χ1n) is 12.5. The molecule has 0 radical (unpaired) electrons. The predicted octanol–water partition coefficient (Wildman–Crippen LogP) is 5.02. The molecule has 176 valence electrons. The molecule has 0 bridgehead atoms. The van der Waals surface area contributed by atoms with Gasteiger partial charge in [-0.3, -0.25) is 0 Å². The molecule has 3 aromatic rings. The van der Waals surface area contributed by atoms with Crippen LogP contribution in [0.3, 0.4) is 0 Å². The Balaban J connectivity index is 1.62. The van der Waals surface area contributed by atoms with Crippen molar-refractivity contribution >= 4 is 23.1 Å². The highest BCUT2D eigenvalue weighted by molar-refractivity contribution is 6.31. The number of hydrogen-bond donors (Lipinski definition) is 2. The molecule has 5 nitrogen and oxygen atoms in total. The number of nitrogens with one attached hydrogen (secondary N) is 1. The number of rotatable bonds is 4. The van der Waals surface area contributed by atoms with E-state index in [0.717, 1.165) is 61.6 Å². The summed E-state index contributed by atoms with van der Waals surface area (Å²) in [5.41, 5.74) is 13.9. The molecule has 0 amide bonds. The molecule has 3 aliphatic rings. The van der Waals surface area contributed by atoms with Gasteiger partial charge >= 0.3 is 0 Å². The van der Waals surface area contributed by atoms with Gasteiger partial charge in [0.2, 0.25) is 0 Å². The Morgan fingerprint density at radius 2 is 1.91 bits per heavy atom. The van der Waals surface area contributed by atoms with Gasteiger partial charge in [0.15, 0.2) is 0 Å². The van der Waals surface area contributed by atoms with Gasteiger partial charge in [0.25, 0.3) is 0 Å². The highest BCUT2D eigenvalue weighted by atomic mass is 35.5. The average Bonchev–Trinajstić information content (AvgIpc) is 3.37. The lowest BCUT2D eigenvalue weighted by atomic mass is 9.67. The van der Waals surface area contributed by atoms with Crippen LogP contribution in [0.4, 0.5) is 11.5 Å². The van der Waals surface area contributed by atoms with Crippen molar-refractivity contribution in [3.63, 3.8) is 0 Å². The lowest BCUT2D eigenvalue weighted by Gasteiger charge is -2.43. The Morgan fingerprint density at radius 1 is 1.12 bits per heavy atom. The van der Waals surface area contributed by atoms with Gasteiger partial charge in [0, 0.05) is 40.0 Å². The molecule has 1 spiro atoms. The highest BCUT2D eigenvalue weighted by Gasteiger charge is 2.53. The fourth-order valence-corrected chi connectivity index (χ4v) is 7.04. The summed E-state index contributed by atoms with van der Waals surface area (Å²) in [6.45, 7) is 4.75. The van der Waals surface area contributed by atoms with E-state index in [0.29, 0.717) is 12.5 Å². The lowest BCUT2D eigenvalue weighted by Crippen LogP contribution is -2.51. The molecule has 6 heteroatoms. The van der Waals surface area contributed by atoms with Gasteiger partial charge in [-0.25, -0.2) is 9.97 Å². The van der Waals surface area contributed by atoms with Crippen LogP contribution in [-0.4, -0.2) is 29.1 Å². The first-order chi connectivity index (χ1) is 16.6. The summed E-state index contributed by atoms with van der Waals surface area (Å²) in [4.78, 5) is 12.2. The predicted molar refractivity (Wildman–Crippen MR) is 138 cm³/mol. The van der Waals surface area contributed by atoms with Crippen LogP contribution in [-0.2, 0) is 24.8 Å². The molecule has 1 saturated heterocycles. The van der Waals surface area contributed by atoms with Gasteiger partial charge in [-0.2, -0.15) is 0 Å². The van der Waals surface area contributed by atoms with Gasteiger partial charge in [0.1, 0.15) is 12.1 Å². The van der Waals surface area contributed by atoms with Crippen LogP contribution in [0.15, 0.2) is 48.8 Å². The molecule has 1 aromatic heterocycles. The second kappa shape index (κ2) is 8.63. The minimum atomic E-state index is -0.0320. The standard InChI is InChI=1S/C28H32ClN5/c1-18-7-9-22-25(18)27(33-17-32-22)34-23-10-8-21(29)20(16-30)26(23)28(11-13-31-14-12-28)24(34)15-19-5-3-2-4-6-19/h2-6,8,10,17-18,24,31H,7,9,11-16,30H2,1H3/t18-,24-/m1/s1. The summed E-state index contributed by atoms with van der Waals surface area (Å²) < 4.78 is 0. The molecule has 34 heavy (non-hydrogen) atoms. The Morgan fingerprint density at radius 3 is 2.68 bits per heavy atom. The quantitative estimate of drug-likeness (QED) is 0.556. The molecule has 2 aliphatic heterocycles. The van der Waals surface area contributed by atoms with Crippen molar-refractivity contribution in [2.24, 2.45) is 5.73 Å². The molecular weight excluding hydrogens is 442 g/mol. The summed E-state index contributed by atoms with van der Waals surface area (Å²) in [6.07, 6.45) is 6.99. The highest BCUT2D eigenvalue weighted by Crippen LogP contribution is 2.57. The Labute approximate surface area is 206 Å². The van der Waals surface area contributed by atoms with Crippen LogP contribution >= 0.6 is 11.6 Å². The van der Waals surface area contributed by atoms with Gasteiger partial charge in [-0.1, -0.05) is 48.9 Å². The van der Waals surface area contributed by atoms with E-state index < -0.39 is 0 Å². The van der Waals surface area contributed by atoms with Crippen LogP contribution < -0.4 is 16.0 Å². The van der Waals surface area contributed by atoms with E-state index >= 15 is 0 Å². The van der Waals surface area contributed by atoms with Crippen molar-refractivity contribution in [1.82, 2.24) is 15.3 Å². The minimum absolute atomic E-state index is 0.0320. The maximum absolute atomic E-state index is 6.79.